The van der Waals surface area contributed by atoms with Gasteiger partial charge < -0.3 is 0 Å². The number of fused-ring (bicyclic) bond motifs is 6. The molecule has 0 amide bonds. The van der Waals surface area contributed by atoms with Gasteiger partial charge in [-0.1, -0.05) is 115 Å². The second-order valence-corrected chi connectivity index (χ2v) is 10.2. The van der Waals surface area contributed by atoms with Crippen molar-refractivity contribution in [3.05, 3.63) is 133 Å². The molecule has 0 fully saturated rings. The molecule has 1 aromatic heterocycles. The third-order valence-electron chi connectivity index (χ3n) is 7.08. The lowest BCUT2D eigenvalue weighted by atomic mass is 9.84. The summed E-state index contributed by atoms with van der Waals surface area (Å²) in [6.45, 7) is 0. The van der Waals surface area contributed by atoms with Crippen LogP contribution in [-0.2, 0) is 0 Å². The lowest BCUT2D eigenvalue weighted by Gasteiger charge is -2.18. The van der Waals surface area contributed by atoms with Crippen molar-refractivity contribution in [2.75, 3.05) is 0 Å². The first-order valence-electron chi connectivity index (χ1n) is 16.0. The Kier molecular flexibility index (Phi) is 3.11. The molecule has 0 aliphatic rings. The number of thiophene rings is 1. The summed E-state index contributed by atoms with van der Waals surface area (Å²) in [5, 5.41) is 4.89. The SMILES string of the molecule is [2H]c1c([2H])c([2H])c2c(-c3cccc4cc5c(cc34)sc3ccccc35)c3c([2H])c([2H])c([2H])c([2H])c3c(-c3ccccc3)c2c1[2H]. The summed E-state index contributed by atoms with van der Waals surface area (Å²) in [4.78, 5) is 0. The third kappa shape index (κ3) is 3.08. The molecule has 0 unspecified atom stereocenters. The molecule has 0 aliphatic heterocycles. The minimum Gasteiger partial charge on any atom is -0.135 e. The largest absolute Gasteiger partial charge is 0.135 e. The van der Waals surface area contributed by atoms with Crippen LogP contribution in [0, 0.1) is 0 Å². The van der Waals surface area contributed by atoms with Crippen LogP contribution in [0.3, 0.4) is 0 Å². The van der Waals surface area contributed by atoms with Gasteiger partial charge in [0.1, 0.15) is 0 Å². The Morgan fingerprint density at radius 3 is 1.84 bits per heavy atom. The molecule has 0 bridgehead atoms. The van der Waals surface area contributed by atoms with Gasteiger partial charge in [0, 0.05) is 20.2 Å². The van der Waals surface area contributed by atoms with Crippen molar-refractivity contribution in [3.63, 3.8) is 0 Å². The Balaban J connectivity index is 1.68. The van der Waals surface area contributed by atoms with E-state index in [1.807, 2.05) is 36.4 Å². The lowest BCUT2D eigenvalue weighted by molar-refractivity contribution is 1.66. The predicted molar refractivity (Wildman–Crippen MR) is 163 cm³/mol. The fraction of sp³-hybridized carbons (Fsp3) is 0. The van der Waals surface area contributed by atoms with Gasteiger partial charge in [-0.25, -0.2) is 0 Å². The molecule has 0 N–H and O–H groups in total. The summed E-state index contributed by atoms with van der Waals surface area (Å²) in [6.07, 6.45) is 0. The highest BCUT2D eigenvalue weighted by Gasteiger charge is 2.18. The maximum absolute atomic E-state index is 9.20. The molecular weight excluding hydrogens is 464 g/mol. The summed E-state index contributed by atoms with van der Waals surface area (Å²) in [7, 11) is 0. The van der Waals surface area contributed by atoms with Crippen LogP contribution in [0.5, 0.6) is 0 Å². The van der Waals surface area contributed by atoms with Gasteiger partial charge in [0.15, 0.2) is 0 Å². The van der Waals surface area contributed by atoms with E-state index in [1.165, 1.54) is 0 Å². The average Bonchev–Trinajstić information content (AvgIpc) is 3.43. The highest BCUT2D eigenvalue weighted by Crippen LogP contribution is 2.46. The van der Waals surface area contributed by atoms with Gasteiger partial charge >= 0.3 is 0 Å². The molecule has 172 valence electrons. The van der Waals surface area contributed by atoms with E-state index in [-0.39, 0.29) is 45.7 Å². The molecule has 0 radical (unpaired) electrons. The Morgan fingerprint density at radius 1 is 0.459 bits per heavy atom. The molecular formula is C36H22S. The molecule has 0 saturated heterocycles. The minimum absolute atomic E-state index is 0.222. The van der Waals surface area contributed by atoms with Crippen molar-refractivity contribution in [3.8, 4) is 22.3 Å². The molecule has 1 heteroatoms. The van der Waals surface area contributed by atoms with Crippen molar-refractivity contribution in [2.24, 2.45) is 0 Å². The van der Waals surface area contributed by atoms with E-state index >= 15 is 0 Å². The van der Waals surface area contributed by atoms with Gasteiger partial charge in [0.2, 0.25) is 0 Å². The van der Waals surface area contributed by atoms with Crippen LogP contribution in [0.15, 0.2) is 133 Å². The van der Waals surface area contributed by atoms with Crippen molar-refractivity contribution in [1.29, 1.82) is 0 Å². The maximum Gasteiger partial charge on any atom is 0.0629 e. The third-order valence-corrected chi connectivity index (χ3v) is 8.22. The monoisotopic (exact) mass is 494 g/mol. The molecule has 0 nitrogen and oxygen atoms in total. The first-order valence-corrected chi connectivity index (χ1v) is 12.9. The fourth-order valence-electron chi connectivity index (χ4n) is 5.50. The number of hydrogen-bond donors (Lipinski definition) is 0. The second kappa shape index (κ2) is 8.03. The van der Waals surface area contributed by atoms with E-state index in [4.69, 9.17) is 8.22 Å². The van der Waals surface area contributed by atoms with Gasteiger partial charge in [0.25, 0.3) is 0 Å². The van der Waals surface area contributed by atoms with E-state index < -0.39 is 24.2 Å². The zero-order chi connectivity index (χ0) is 31.3. The van der Waals surface area contributed by atoms with Crippen LogP contribution >= 0.6 is 11.3 Å². The van der Waals surface area contributed by atoms with Crippen molar-refractivity contribution < 1.29 is 11.0 Å². The molecule has 37 heavy (non-hydrogen) atoms. The molecule has 0 spiro atoms. The summed E-state index contributed by atoms with van der Waals surface area (Å²) in [5.74, 6) is 0. The van der Waals surface area contributed by atoms with Gasteiger partial charge in [0.05, 0.1) is 11.0 Å². The van der Waals surface area contributed by atoms with Gasteiger partial charge in [-0.2, -0.15) is 0 Å². The second-order valence-electron chi connectivity index (χ2n) is 9.09. The smallest absolute Gasteiger partial charge is 0.0629 e. The molecule has 8 aromatic rings. The van der Waals surface area contributed by atoms with Crippen LogP contribution in [0.1, 0.15) is 11.0 Å². The fourth-order valence-corrected chi connectivity index (χ4v) is 6.63. The van der Waals surface area contributed by atoms with Gasteiger partial charge in [-0.3, -0.25) is 0 Å². The van der Waals surface area contributed by atoms with E-state index in [9.17, 15) is 2.74 Å². The first-order chi connectivity index (χ1) is 21.7. The normalized spacial score (nSPS) is 14.8. The van der Waals surface area contributed by atoms with E-state index in [1.54, 1.807) is 35.6 Å². The predicted octanol–water partition coefficient (Wildman–Crippen LogP) is 10.8. The number of benzene rings is 7. The first kappa shape index (κ1) is 14.3. The summed E-state index contributed by atoms with van der Waals surface area (Å²) in [6, 6.07) is 24.6. The lowest BCUT2D eigenvalue weighted by Crippen LogP contribution is -1.91. The molecule has 0 saturated carbocycles. The molecule has 7 aromatic carbocycles. The zero-order valence-electron chi connectivity index (χ0n) is 27.5. The summed E-state index contributed by atoms with van der Waals surface area (Å²) < 4.78 is 73.4. The van der Waals surface area contributed by atoms with Crippen LogP contribution in [0.2, 0.25) is 0 Å². The van der Waals surface area contributed by atoms with Crippen LogP contribution in [0.4, 0.5) is 0 Å². The highest BCUT2D eigenvalue weighted by atomic mass is 32.1. The van der Waals surface area contributed by atoms with Crippen molar-refractivity contribution >= 4 is 63.8 Å². The van der Waals surface area contributed by atoms with Crippen molar-refractivity contribution in [2.45, 2.75) is 0 Å². The van der Waals surface area contributed by atoms with E-state index in [0.717, 1.165) is 30.9 Å². The van der Waals surface area contributed by atoms with Crippen LogP contribution in [0.25, 0.3) is 74.7 Å². The maximum atomic E-state index is 9.20. The Labute approximate surface area is 230 Å². The molecule has 0 aliphatic carbocycles. The Hall–Kier alpha value is -4.46. The minimum atomic E-state index is -0.403. The van der Waals surface area contributed by atoms with E-state index in [2.05, 4.69) is 24.3 Å². The molecule has 0 atom stereocenters. The quantitative estimate of drug-likeness (QED) is 0.210. The van der Waals surface area contributed by atoms with Crippen molar-refractivity contribution in [1.82, 2.24) is 0 Å². The topological polar surface area (TPSA) is 0 Å². The molecule has 1 heterocycles. The van der Waals surface area contributed by atoms with Gasteiger partial charge in [-0.05, 0) is 72.8 Å². The van der Waals surface area contributed by atoms with Gasteiger partial charge in [-0.15, -0.1) is 11.3 Å². The Morgan fingerprint density at radius 2 is 1.11 bits per heavy atom. The number of rotatable bonds is 2. The standard InChI is InChI=1S/C36H22S/c1-2-11-23(12-3-1)35-26-15-4-6-17-28(26)36(29-18-7-5-16-27(29)35)30-19-10-13-24-21-32-25-14-8-9-20-33(25)37-34(32)22-31(24)30/h1-22H/i4D,5D,6D,7D,15D,16D,17D,18D. The van der Waals surface area contributed by atoms with E-state index in [0.29, 0.717) is 22.3 Å². The zero-order valence-corrected chi connectivity index (χ0v) is 20.3. The summed E-state index contributed by atoms with van der Waals surface area (Å²) in [5.41, 5.74) is 1.95. The Bertz CT molecular complexity index is 2490. The molecule has 8 rings (SSSR count). The van der Waals surface area contributed by atoms with Crippen LogP contribution < -0.4 is 0 Å². The number of hydrogen-bond acceptors (Lipinski definition) is 1. The average molecular weight is 495 g/mol. The highest BCUT2D eigenvalue weighted by molar-refractivity contribution is 7.25. The summed E-state index contributed by atoms with van der Waals surface area (Å²) >= 11 is 1.66. The van der Waals surface area contributed by atoms with Crippen LogP contribution in [-0.4, -0.2) is 0 Å².